The highest BCUT2D eigenvalue weighted by atomic mass is 16.6. The minimum atomic E-state index is -1.47. The van der Waals surface area contributed by atoms with Crippen molar-refractivity contribution in [3.8, 4) is 0 Å². The van der Waals surface area contributed by atoms with Gasteiger partial charge in [-0.3, -0.25) is 14.4 Å². The third-order valence-electron chi connectivity index (χ3n) is 12.1. The summed E-state index contributed by atoms with van der Waals surface area (Å²) in [6.07, 6.45) is 7.17. The average molecular weight is 499 g/mol. The molecule has 5 aliphatic rings. The molecule has 0 saturated heterocycles. The zero-order valence-electron chi connectivity index (χ0n) is 22.8. The second-order valence-electron chi connectivity index (χ2n) is 14.0. The van der Waals surface area contributed by atoms with Crippen LogP contribution in [0.2, 0.25) is 0 Å². The van der Waals surface area contributed by atoms with E-state index in [-0.39, 0.29) is 52.2 Å². The van der Waals surface area contributed by atoms with Gasteiger partial charge in [0, 0.05) is 22.7 Å². The van der Waals surface area contributed by atoms with Crippen molar-refractivity contribution in [3.05, 3.63) is 23.8 Å². The minimum Gasteiger partial charge on any atom is -0.450 e. The van der Waals surface area contributed by atoms with Gasteiger partial charge in [-0.15, -0.1) is 0 Å². The lowest BCUT2D eigenvalue weighted by molar-refractivity contribution is -0.207. The van der Waals surface area contributed by atoms with Crippen molar-refractivity contribution in [1.29, 1.82) is 0 Å². The average Bonchev–Trinajstić information content (AvgIpc) is 3.09. The predicted molar refractivity (Wildman–Crippen MR) is 135 cm³/mol. The number of hydrogen-bond acceptors (Lipinski definition) is 6. The van der Waals surface area contributed by atoms with E-state index >= 15 is 0 Å². The number of esters is 1. The van der Waals surface area contributed by atoms with Crippen LogP contribution in [0.5, 0.6) is 0 Å². The smallest absolute Gasteiger partial charge is 0.311 e. The Morgan fingerprint density at radius 3 is 2.33 bits per heavy atom. The number of rotatable bonds is 4. The Kier molecular flexibility index (Phi) is 5.48. The van der Waals surface area contributed by atoms with E-state index in [0.717, 1.165) is 18.4 Å². The number of carbonyl (C=O) groups excluding carboxylic acids is 3. The Hall–Kier alpha value is -1.79. The van der Waals surface area contributed by atoms with Gasteiger partial charge in [-0.2, -0.15) is 0 Å². The first-order valence-electron chi connectivity index (χ1n) is 13.6. The lowest BCUT2D eigenvalue weighted by atomic mass is 9.46. The van der Waals surface area contributed by atoms with Gasteiger partial charge in [0.15, 0.2) is 11.4 Å². The van der Waals surface area contributed by atoms with Crippen LogP contribution in [0.4, 0.5) is 0 Å². The van der Waals surface area contributed by atoms with Crippen molar-refractivity contribution >= 4 is 17.5 Å². The molecule has 6 heteroatoms. The van der Waals surface area contributed by atoms with Gasteiger partial charge in [-0.1, -0.05) is 60.1 Å². The highest BCUT2D eigenvalue weighted by Gasteiger charge is 2.75. The van der Waals surface area contributed by atoms with E-state index in [4.69, 9.17) is 4.74 Å². The predicted octanol–water partition coefficient (Wildman–Crippen LogP) is 4.04. The van der Waals surface area contributed by atoms with Crippen LogP contribution in [0.15, 0.2) is 23.8 Å². The molecule has 198 valence electrons. The van der Waals surface area contributed by atoms with Crippen LogP contribution in [-0.4, -0.2) is 46.1 Å². The van der Waals surface area contributed by atoms with E-state index in [2.05, 4.69) is 6.92 Å². The maximum Gasteiger partial charge on any atom is 0.311 e. The van der Waals surface area contributed by atoms with Gasteiger partial charge >= 0.3 is 5.97 Å². The fourth-order valence-electron chi connectivity index (χ4n) is 9.63. The fraction of sp³-hybridized carbons (Fsp3) is 0.767. The summed E-state index contributed by atoms with van der Waals surface area (Å²) in [4.78, 5) is 39.4. The van der Waals surface area contributed by atoms with E-state index < -0.39 is 34.9 Å². The van der Waals surface area contributed by atoms with E-state index in [1.165, 1.54) is 0 Å². The van der Waals surface area contributed by atoms with Crippen LogP contribution in [0.25, 0.3) is 0 Å². The van der Waals surface area contributed by atoms with E-state index in [9.17, 15) is 24.6 Å². The van der Waals surface area contributed by atoms with Gasteiger partial charge in [0.25, 0.3) is 0 Å². The molecule has 2 N–H and O–H groups in total. The largest absolute Gasteiger partial charge is 0.450 e. The summed E-state index contributed by atoms with van der Waals surface area (Å²) in [7, 11) is 0. The summed E-state index contributed by atoms with van der Waals surface area (Å²) >= 11 is 0. The van der Waals surface area contributed by atoms with E-state index in [0.29, 0.717) is 12.8 Å². The third-order valence-corrected chi connectivity index (χ3v) is 12.1. The molecule has 0 spiro atoms. The summed E-state index contributed by atoms with van der Waals surface area (Å²) in [6, 6.07) is 0. The molecule has 0 radical (unpaired) electrons. The first-order chi connectivity index (χ1) is 16.6. The summed E-state index contributed by atoms with van der Waals surface area (Å²) in [5.41, 5.74) is -2.08. The van der Waals surface area contributed by atoms with Crippen LogP contribution in [-0.2, 0) is 19.1 Å². The van der Waals surface area contributed by atoms with Gasteiger partial charge < -0.3 is 14.9 Å². The number of carbonyl (C=O) groups is 3. The van der Waals surface area contributed by atoms with Gasteiger partial charge in [-0.25, -0.2) is 0 Å². The number of Topliss-reactive ketones (excluding diaryl/α,β-unsaturated/α-hetero) is 1. The van der Waals surface area contributed by atoms with Crippen molar-refractivity contribution < 1.29 is 29.3 Å². The van der Waals surface area contributed by atoms with Gasteiger partial charge in [-0.05, 0) is 60.5 Å². The number of allylic oxidation sites excluding steroid dienone is 4. The molecule has 0 aliphatic heterocycles. The molecule has 6 nitrogen and oxygen atoms in total. The van der Waals surface area contributed by atoms with Crippen LogP contribution >= 0.6 is 0 Å². The van der Waals surface area contributed by atoms with Gasteiger partial charge in [0.2, 0.25) is 5.78 Å². The lowest BCUT2D eigenvalue weighted by Gasteiger charge is -2.60. The third kappa shape index (κ3) is 2.95. The first-order valence-corrected chi connectivity index (χ1v) is 13.6. The van der Waals surface area contributed by atoms with Crippen molar-refractivity contribution in [2.24, 2.45) is 51.2 Å². The molecule has 8 atom stereocenters. The van der Waals surface area contributed by atoms with E-state index in [1.54, 1.807) is 12.2 Å². The normalized spacial score (nSPS) is 46.3. The van der Waals surface area contributed by atoms with Crippen molar-refractivity contribution in [2.75, 3.05) is 6.61 Å². The standard InChI is InChI=1S/C30H42O6/c1-16-12-20-19-9-8-17-13-18(32)10-11-28(17,6)23(19)21(33)14-29(20,7)30(16,22(34)15-31)36-25(35)24-26(2,3)27(24,4)5/h10-11,13,16,19-21,23-24,31,33H,8-9,12,14-15H2,1-7H3/t16-,19-,20-,21-,23+,28-,29-,30-/m0/s1. The molecule has 4 fully saturated rings. The molecule has 0 aromatic rings. The monoisotopic (exact) mass is 498 g/mol. The Balaban J connectivity index is 1.55. The fourth-order valence-corrected chi connectivity index (χ4v) is 9.63. The highest BCUT2D eigenvalue weighted by Crippen LogP contribution is 2.72. The van der Waals surface area contributed by atoms with Crippen LogP contribution < -0.4 is 0 Å². The molecule has 0 aromatic heterocycles. The second kappa shape index (κ2) is 7.63. The van der Waals surface area contributed by atoms with Crippen LogP contribution in [0.3, 0.4) is 0 Å². The molecular formula is C30H42O6. The van der Waals surface area contributed by atoms with Crippen molar-refractivity contribution in [2.45, 2.75) is 85.9 Å². The van der Waals surface area contributed by atoms with Crippen molar-refractivity contribution in [1.82, 2.24) is 0 Å². The molecule has 0 unspecified atom stereocenters. The number of ketones is 2. The zero-order chi connectivity index (χ0) is 26.6. The summed E-state index contributed by atoms with van der Waals surface area (Å²) < 4.78 is 6.38. The summed E-state index contributed by atoms with van der Waals surface area (Å²) in [5, 5.41) is 21.8. The minimum absolute atomic E-state index is 0.00375. The molecule has 5 rings (SSSR count). The number of fused-ring (bicyclic) bond motifs is 5. The Labute approximate surface area is 214 Å². The molecule has 0 heterocycles. The number of ether oxygens (including phenoxy) is 1. The Morgan fingerprint density at radius 1 is 1.11 bits per heavy atom. The van der Waals surface area contributed by atoms with Gasteiger partial charge in [0.1, 0.15) is 6.61 Å². The number of aliphatic hydroxyl groups is 2. The van der Waals surface area contributed by atoms with E-state index in [1.807, 2.05) is 47.6 Å². The maximum atomic E-state index is 13.6. The van der Waals surface area contributed by atoms with Crippen LogP contribution in [0.1, 0.15) is 74.1 Å². The molecule has 0 amide bonds. The van der Waals surface area contributed by atoms with Gasteiger partial charge in [0.05, 0.1) is 12.0 Å². The molecular weight excluding hydrogens is 456 g/mol. The Morgan fingerprint density at radius 2 is 1.75 bits per heavy atom. The Bertz CT molecular complexity index is 1070. The highest BCUT2D eigenvalue weighted by molar-refractivity contribution is 6.01. The topological polar surface area (TPSA) is 101 Å². The second-order valence-corrected chi connectivity index (χ2v) is 14.0. The first kappa shape index (κ1) is 25.8. The number of hydrogen-bond donors (Lipinski definition) is 2. The summed E-state index contributed by atoms with van der Waals surface area (Å²) in [6.45, 7) is 13.6. The lowest BCUT2D eigenvalue weighted by Crippen LogP contribution is -2.64. The van der Waals surface area contributed by atoms with Crippen LogP contribution in [0, 0.1) is 51.2 Å². The molecule has 0 aromatic carbocycles. The quantitative estimate of drug-likeness (QED) is 0.568. The van der Waals surface area contributed by atoms with Crippen molar-refractivity contribution in [3.63, 3.8) is 0 Å². The molecule has 5 aliphatic carbocycles. The number of aliphatic hydroxyl groups excluding tert-OH is 2. The zero-order valence-corrected chi connectivity index (χ0v) is 22.8. The SMILES string of the molecule is C[C@H]1C[C@H]2[C@@H]3CCC4=CC(=O)C=C[C@]4(C)[C@H]3[C@@H](O)C[C@]2(C)[C@@]1(OC(=O)C1C(C)(C)C1(C)C)C(=O)CO. The molecule has 36 heavy (non-hydrogen) atoms. The maximum absolute atomic E-state index is 13.6. The molecule has 4 saturated carbocycles. The molecule has 0 bridgehead atoms. The summed E-state index contributed by atoms with van der Waals surface area (Å²) in [5.74, 6) is -1.35.